The molecule has 0 bridgehead atoms. The van der Waals surface area contributed by atoms with Crippen LogP contribution in [-0.4, -0.2) is 26.7 Å². The van der Waals surface area contributed by atoms with Crippen molar-refractivity contribution < 1.29 is 9.90 Å². The third kappa shape index (κ3) is 2.41. The van der Waals surface area contributed by atoms with Crippen LogP contribution in [-0.2, 0) is 18.3 Å². The van der Waals surface area contributed by atoms with Crippen LogP contribution in [0.3, 0.4) is 0 Å². The van der Waals surface area contributed by atoms with Gasteiger partial charge in [-0.3, -0.25) is 4.79 Å². The van der Waals surface area contributed by atoms with Gasteiger partial charge in [-0.25, -0.2) is 4.98 Å². The van der Waals surface area contributed by atoms with Crippen molar-refractivity contribution in [3.63, 3.8) is 0 Å². The number of nitrogens with two attached hydrogens (primary N) is 1. The quantitative estimate of drug-likeness (QED) is 0.768. The van der Waals surface area contributed by atoms with Gasteiger partial charge in [0.25, 0.3) is 0 Å². The minimum atomic E-state index is -0.989. The third-order valence-electron chi connectivity index (χ3n) is 1.74. The Morgan fingerprint density at radius 1 is 1.92 bits per heavy atom. The molecule has 0 aliphatic carbocycles. The molecule has 1 atom stereocenters. The summed E-state index contributed by atoms with van der Waals surface area (Å²) >= 11 is 2.06. The maximum Gasteiger partial charge on any atom is 0.320 e. The monoisotopic (exact) mass is 295 g/mol. The van der Waals surface area contributed by atoms with E-state index >= 15 is 0 Å². The standard InChI is InChI=1S/C7H10IN3O2/c1-11-3-10-6(8)5(11)2-4(9)7(12)13/h3-4H,2,9H2,1H3,(H,12,13). The molecular formula is C7H10IN3O2. The second-order valence-corrected chi connectivity index (χ2v) is 3.76. The van der Waals surface area contributed by atoms with Gasteiger partial charge in [0, 0.05) is 13.5 Å². The fourth-order valence-electron chi connectivity index (χ4n) is 0.951. The van der Waals surface area contributed by atoms with Crippen molar-refractivity contribution in [2.75, 3.05) is 0 Å². The van der Waals surface area contributed by atoms with Gasteiger partial charge in [-0.15, -0.1) is 0 Å². The highest BCUT2D eigenvalue weighted by atomic mass is 127. The maximum atomic E-state index is 10.5. The molecule has 1 unspecified atom stereocenters. The lowest BCUT2D eigenvalue weighted by molar-refractivity contribution is -0.138. The summed E-state index contributed by atoms with van der Waals surface area (Å²) in [6, 6.07) is -0.857. The zero-order valence-corrected chi connectivity index (χ0v) is 9.22. The molecule has 0 spiro atoms. The van der Waals surface area contributed by atoms with Crippen LogP contribution in [0.4, 0.5) is 0 Å². The zero-order valence-electron chi connectivity index (χ0n) is 7.07. The van der Waals surface area contributed by atoms with Crippen molar-refractivity contribution in [2.24, 2.45) is 12.8 Å². The second kappa shape index (κ2) is 4.05. The van der Waals surface area contributed by atoms with E-state index in [1.807, 2.05) is 7.05 Å². The van der Waals surface area contributed by atoms with E-state index in [2.05, 4.69) is 27.6 Å². The van der Waals surface area contributed by atoms with Crippen LogP contribution in [0.5, 0.6) is 0 Å². The molecule has 0 aromatic carbocycles. The summed E-state index contributed by atoms with van der Waals surface area (Å²) in [5.41, 5.74) is 6.26. The fraction of sp³-hybridized carbons (Fsp3) is 0.429. The van der Waals surface area contributed by atoms with E-state index in [-0.39, 0.29) is 0 Å². The highest BCUT2D eigenvalue weighted by Crippen LogP contribution is 2.10. The number of aromatic nitrogens is 2. The largest absolute Gasteiger partial charge is 0.480 e. The number of hydrogen-bond acceptors (Lipinski definition) is 3. The van der Waals surface area contributed by atoms with Crippen molar-refractivity contribution in [1.82, 2.24) is 9.55 Å². The predicted octanol–water partition coefficient (Wildman–Crippen LogP) is -0.0209. The summed E-state index contributed by atoms with van der Waals surface area (Å²) < 4.78 is 2.58. The summed E-state index contributed by atoms with van der Waals surface area (Å²) in [4.78, 5) is 14.5. The first kappa shape index (κ1) is 10.5. The van der Waals surface area contributed by atoms with Gasteiger partial charge in [-0.2, -0.15) is 0 Å². The van der Waals surface area contributed by atoms with Gasteiger partial charge >= 0.3 is 5.97 Å². The number of imidazole rings is 1. The number of rotatable bonds is 3. The lowest BCUT2D eigenvalue weighted by atomic mass is 10.2. The third-order valence-corrected chi connectivity index (χ3v) is 2.64. The van der Waals surface area contributed by atoms with E-state index in [0.717, 1.165) is 9.39 Å². The van der Waals surface area contributed by atoms with Crippen molar-refractivity contribution in [3.8, 4) is 0 Å². The van der Waals surface area contributed by atoms with Crippen molar-refractivity contribution in [1.29, 1.82) is 0 Å². The van der Waals surface area contributed by atoms with Crippen molar-refractivity contribution in [3.05, 3.63) is 15.7 Å². The number of halogens is 1. The van der Waals surface area contributed by atoms with Crippen molar-refractivity contribution in [2.45, 2.75) is 12.5 Å². The molecule has 1 rings (SSSR count). The summed E-state index contributed by atoms with van der Waals surface area (Å²) in [6.45, 7) is 0. The van der Waals surface area contributed by atoms with Crippen LogP contribution in [0.25, 0.3) is 0 Å². The molecule has 72 valence electrons. The maximum absolute atomic E-state index is 10.5. The predicted molar refractivity (Wildman–Crippen MR) is 55.2 cm³/mol. The lowest BCUT2D eigenvalue weighted by Gasteiger charge is -2.06. The topological polar surface area (TPSA) is 81.1 Å². The van der Waals surface area contributed by atoms with Crippen LogP contribution in [0.1, 0.15) is 5.69 Å². The van der Waals surface area contributed by atoms with E-state index in [9.17, 15) is 4.79 Å². The molecule has 13 heavy (non-hydrogen) atoms. The molecule has 0 aliphatic heterocycles. The van der Waals surface area contributed by atoms with E-state index in [1.54, 1.807) is 10.9 Å². The number of carboxylic acids is 1. The number of nitrogens with zero attached hydrogens (tertiary/aromatic N) is 2. The smallest absolute Gasteiger partial charge is 0.320 e. The highest BCUT2D eigenvalue weighted by Gasteiger charge is 2.16. The summed E-state index contributed by atoms with van der Waals surface area (Å²) in [5, 5.41) is 8.61. The summed E-state index contributed by atoms with van der Waals surface area (Å²) in [5.74, 6) is -0.989. The first-order valence-electron chi connectivity index (χ1n) is 3.66. The number of carbonyl (C=O) groups is 1. The Labute approximate surface area is 89.1 Å². The molecule has 0 aliphatic rings. The van der Waals surface area contributed by atoms with Crippen LogP contribution in [0, 0.1) is 3.70 Å². The molecule has 3 N–H and O–H groups in total. The van der Waals surface area contributed by atoms with Crippen LogP contribution in [0.15, 0.2) is 6.33 Å². The Morgan fingerprint density at radius 2 is 2.54 bits per heavy atom. The molecule has 0 radical (unpaired) electrons. The van der Waals surface area contributed by atoms with E-state index < -0.39 is 12.0 Å². The highest BCUT2D eigenvalue weighted by molar-refractivity contribution is 14.1. The van der Waals surface area contributed by atoms with Gasteiger partial charge in [0.05, 0.1) is 12.0 Å². The van der Waals surface area contributed by atoms with Gasteiger partial charge in [-0.05, 0) is 22.6 Å². The minimum Gasteiger partial charge on any atom is -0.480 e. The molecule has 0 amide bonds. The summed E-state index contributed by atoms with van der Waals surface area (Å²) in [7, 11) is 1.82. The summed E-state index contributed by atoms with van der Waals surface area (Å²) in [6.07, 6.45) is 1.95. The molecule has 1 aromatic rings. The van der Waals surface area contributed by atoms with Gasteiger partial charge < -0.3 is 15.4 Å². The van der Waals surface area contributed by atoms with Gasteiger partial charge in [0.1, 0.15) is 9.74 Å². The molecule has 6 heteroatoms. The van der Waals surface area contributed by atoms with E-state index in [4.69, 9.17) is 10.8 Å². The van der Waals surface area contributed by atoms with Gasteiger partial charge in [-0.1, -0.05) is 0 Å². The Balaban J connectivity index is 2.79. The number of carboxylic acid groups (broad SMARTS) is 1. The molecule has 0 saturated carbocycles. The number of aliphatic carboxylic acids is 1. The SMILES string of the molecule is Cn1cnc(I)c1CC(N)C(=O)O. The number of aryl methyl sites for hydroxylation is 1. The van der Waals surface area contributed by atoms with E-state index in [1.165, 1.54) is 0 Å². The van der Waals surface area contributed by atoms with Crippen molar-refractivity contribution >= 4 is 28.6 Å². The normalized spacial score (nSPS) is 12.8. The average molecular weight is 295 g/mol. The Bertz CT molecular complexity index is 304. The molecule has 0 saturated heterocycles. The van der Waals surface area contributed by atoms with Crippen LogP contribution < -0.4 is 5.73 Å². The Kier molecular flexibility index (Phi) is 3.26. The second-order valence-electron chi connectivity index (χ2n) is 2.74. The molecule has 5 nitrogen and oxygen atoms in total. The average Bonchev–Trinajstić information content (AvgIpc) is 2.35. The zero-order chi connectivity index (χ0) is 10.0. The fourth-order valence-corrected chi connectivity index (χ4v) is 1.68. The number of hydrogen-bond donors (Lipinski definition) is 2. The Morgan fingerprint density at radius 3 is 2.92 bits per heavy atom. The van der Waals surface area contributed by atoms with Gasteiger partial charge in [0.15, 0.2) is 0 Å². The molecular weight excluding hydrogens is 285 g/mol. The molecule has 0 fully saturated rings. The van der Waals surface area contributed by atoms with E-state index in [0.29, 0.717) is 6.42 Å². The minimum absolute atomic E-state index is 0.310. The first-order valence-corrected chi connectivity index (χ1v) is 4.74. The van der Waals surface area contributed by atoms with Crippen LogP contribution in [0.2, 0.25) is 0 Å². The van der Waals surface area contributed by atoms with Gasteiger partial charge in [0.2, 0.25) is 0 Å². The van der Waals surface area contributed by atoms with Crippen LogP contribution >= 0.6 is 22.6 Å². The molecule has 1 heterocycles. The first-order chi connectivity index (χ1) is 6.02. The lowest BCUT2D eigenvalue weighted by Crippen LogP contribution is -2.33. The molecule has 1 aromatic heterocycles. The Hall–Kier alpha value is -0.630.